The lowest BCUT2D eigenvalue weighted by Gasteiger charge is -2.36. The molecule has 8 heteroatoms. The van der Waals surface area contributed by atoms with Gasteiger partial charge in [0, 0.05) is 52.5 Å². The molecular formula is C27H23N3O4S. The molecule has 3 heterocycles. The zero-order valence-electron chi connectivity index (χ0n) is 19.0. The number of nitrogens with zero attached hydrogens (tertiary/aromatic N) is 2. The lowest BCUT2D eigenvalue weighted by Crippen LogP contribution is -2.52. The van der Waals surface area contributed by atoms with Crippen LogP contribution in [0.4, 0.5) is 11.4 Å². The molecule has 3 aromatic carbocycles. The number of nitro benzene ring substituents is 1. The maximum atomic E-state index is 14.3. The standard InChI is InChI=1S/C27H23N3O4S/c1-16-10-11-21-20(12-16)27(26(32)28-21)24(25(31)17-6-3-2-4-7-17)23(22-14-35-15-29(22)27)18-8-5-9-19(13-18)30(33)34/h2-13,22-24H,14-15H2,1H3,(H,28,32)/t22?,23?,24?,27-/m1/s1. The maximum absolute atomic E-state index is 14.3. The minimum atomic E-state index is -1.18. The molecule has 1 amide bonds. The summed E-state index contributed by atoms with van der Waals surface area (Å²) in [5.41, 5.74) is 2.61. The molecule has 35 heavy (non-hydrogen) atoms. The van der Waals surface area contributed by atoms with Crippen LogP contribution in [-0.2, 0) is 10.3 Å². The first-order valence-electron chi connectivity index (χ1n) is 11.5. The molecule has 3 aliphatic heterocycles. The van der Waals surface area contributed by atoms with Crippen molar-refractivity contribution in [1.29, 1.82) is 0 Å². The third kappa shape index (κ3) is 3.10. The number of nitrogens with one attached hydrogen (secondary N) is 1. The van der Waals surface area contributed by atoms with Crippen molar-refractivity contribution in [1.82, 2.24) is 4.90 Å². The summed E-state index contributed by atoms with van der Waals surface area (Å²) in [4.78, 5) is 41.7. The van der Waals surface area contributed by atoms with E-state index in [0.717, 1.165) is 28.1 Å². The normalized spacial score (nSPS) is 27.0. The topological polar surface area (TPSA) is 92.5 Å². The summed E-state index contributed by atoms with van der Waals surface area (Å²) < 4.78 is 0. The van der Waals surface area contributed by atoms with Gasteiger partial charge in [0.25, 0.3) is 5.69 Å². The Morgan fingerprint density at radius 1 is 1.11 bits per heavy atom. The fourth-order valence-corrected chi connectivity index (χ4v) is 7.52. The third-order valence-corrected chi connectivity index (χ3v) is 8.62. The lowest BCUT2D eigenvalue weighted by atomic mass is 9.69. The summed E-state index contributed by atoms with van der Waals surface area (Å²) in [6.07, 6.45) is 0. The molecule has 3 unspecified atom stereocenters. The molecule has 3 aliphatic rings. The van der Waals surface area contributed by atoms with Crippen LogP contribution in [-0.4, -0.2) is 39.2 Å². The Hall–Kier alpha value is -3.49. The second kappa shape index (κ2) is 8.03. The van der Waals surface area contributed by atoms with E-state index < -0.39 is 16.4 Å². The number of amides is 1. The number of ketones is 1. The summed E-state index contributed by atoms with van der Waals surface area (Å²) >= 11 is 1.73. The fraction of sp³-hybridized carbons (Fsp3) is 0.259. The summed E-state index contributed by atoms with van der Waals surface area (Å²) in [5, 5.41) is 14.7. The molecule has 6 rings (SSSR count). The molecule has 0 saturated carbocycles. The van der Waals surface area contributed by atoms with Gasteiger partial charge in [0.05, 0.1) is 10.8 Å². The van der Waals surface area contributed by atoms with Gasteiger partial charge < -0.3 is 5.32 Å². The van der Waals surface area contributed by atoms with Gasteiger partial charge in [0.1, 0.15) is 5.54 Å². The average Bonchev–Trinajstić information content (AvgIpc) is 3.52. The zero-order valence-corrected chi connectivity index (χ0v) is 19.8. The number of carbonyl (C=O) groups excluding carboxylic acids is 2. The van der Waals surface area contributed by atoms with Crippen LogP contribution in [0.1, 0.15) is 33.0 Å². The van der Waals surface area contributed by atoms with Gasteiger partial charge in [-0.15, -0.1) is 11.8 Å². The van der Waals surface area contributed by atoms with Crippen molar-refractivity contribution in [3.05, 3.63) is 105 Å². The summed E-state index contributed by atoms with van der Waals surface area (Å²) in [6.45, 7) is 1.98. The SMILES string of the molecule is Cc1ccc2c(c1)[C@]1(C(=O)N2)C(C(=O)c2ccccc2)C(c2cccc([N+](=O)[O-])c2)C2CSCN21. The highest BCUT2D eigenvalue weighted by Crippen LogP contribution is 2.61. The van der Waals surface area contributed by atoms with E-state index in [1.165, 1.54) is 6.07 Å². The lowest BCUT2D eigenvalue weighted by molar-refractivity contribution is -0.384. The molecule has 3 aromatic rings. The Labute approximate surface area is 206 Å². The minimum absolute atomic E-state index is 0.0151. The molecular weight excluding hydrogens is 462 g/mol. The second-order valence-electron chi connectivity index (χ2n) is 9.39. The van der Waals surface area contributed by atoms with Crippen molar-refractivity contribution >= 4 is 34.8 Å². The van der Waals surface area contributed by atoms with E-state index >= 15 is 0 Å². The van der Waals surface area contributed by atoms with Crippen molar-refractivity contribution < 1.29 is 14.5 Å². The smallest absolute Gasteiger partial charge is 0.269 e. The third-order valence-electron chi connectivity index (χ3n) is 7.58. The first-order valence-corrected chi connectivity index (χ1v) is 12.7. The van der Waals surface area contributed by atoms with Crippen LogP contribution >= 0.6 is 11.8 Å². The summed E-state index contributed by atoms with van der Waals surface area (Å²) in [6, 6.07) is 21.4. The van der Waals surface area contributed by atoms with Crippen LogP contribution in [0.15, 0.2) is 72.8 Å². The number of fused-ring (bicyclic) bond motifs is 4. The molecule has 4 atom stereocenters. The molecule has 0 bridgehead atoms. The fourth-order valence-electron chi connectivity index (χ4n) is 6.19. The quantitative estimate of drug-likeness (QED) is 0.327. The number of hydrogen-bond donors (Lipinski definition) is 1. The van der Waals surface area contributed by atoms with Crippen molar-refractivity contribution in [3.63, 3.8) is 0 Å². The van der Waals surface area contributed by atoms with Gasteiger partial charge in [-0.2, -0.15) is 0 Å². The van der Waals surface area contributed by atoms with Gasteiger partial charge >= 0.3 is 0 Å². The Morgan fingerprint density at radius 2 is 1.91 bits per heavy atom. The van der Waals surface area contributed by atoms with E-state index in [1.807, 2.05) is 49.4 Å². The molecule has 0 aliphatic carbocycles. The first-order chi connectivity index (χ1) is 16.9. The van der Waals surface area contributed by atoms with Gasteiger partial charge in [-0.05, 0) is 18.6 Å². The van der Waals surface area contributed by atoms with Crippen LogP contribution < -0.4 is 5.32 Å². The highest BCUT2D eigenvalue weighted by molar-refractivity contribution is 7.99. The van der Waals surface area contributed by atoms with Crippen LogP contribution in [0.5, 0.6) is 0 Å². The van der Waals surface area contributed by atoms with Crippen molar-refractivity contribution in [2.24, 2.45) is 5.92 Å². The zero-order chi connectivity index (χ0) is 24.3. The van der Waals surface area contributed by atoms with E-state index in [-0.39, 0.29) is 29.3 Å². The van der Waals surface area contributed by atoms with E-state index in [4.69, 9.17) is 0 Å². The number of anilines is 1. The molecule has 7 nitrogen and oxygen atoms in total. The Balaban J connectivity index is 1.63. The Morgan fingerprint density at radius 3 is 2.69 bits per heavy atom. The predicted octanol–water partition coefficient (Wildman–Crippen LogP) is 4.72. The van der Waals surface area contributed by atoms with E-state index in [0.29, 0.717) is 11.4 Å². The largest absolute Gasteiger partial charge is 0.324 e. The molecule has 2 saturated heterocycles. The number of thioether (sulfide) groups is 1. The highest BCUT2D eigenvalue weighted by Gasteiger charge is 2.69. The number of benzene rings is 3. The molecule has 1 N–H and O–H groups in total. The van der Waals surface area contributed by atoms with Crippen molar-refractivity contribution in [2.45, 2.75) is 24.4 Å². The molecule has 1 spiro atoms. The average molecular weight is 486 g/mol. The monoisotopic (exact) mass is 485 g/mol. The van der Waals surface area contributed by atoms with Gasteiger partial charge in [0.2, 0.25) is 5.91 Å². The first kappa shape index (κ1) is 22.0. The van der Waals surface area contributed by atoms with E-state index in [2.05, 4.69) is 10.2 Å². The number of non-ortho nitro benzene ring substituents is 1. The number of hydrogen-bond acceptors (Lipinski definition) is 6. The minimum Gasteiger partial charge on any atom is -0.324 e. The van der Waals surface area contributed by atoms with Crippen LogP contribution in [0.2, 0.25) is 0 Å². The molecule has 2 fully saturated rings. The predicted molar refractivity (Wildman–Crippen MR) is 135 cm³/mol. The van der Waals surface area contributed by atoms with Gasteiger partial charge in [-0.25, -0.2) is 0 Å². The van der Waals surface area contributed by atoms with Crippen LogP contribution in [0.3, 0.4) is 0 Å². The summed E-state index contributed by atoms with van der Waals surface area (Å²) in [5.74, 6) is -0.0908. The van der Waals surface area contributed by atoms with Crippen molar-refractivity contribution in [3.8, 4) is 0 Å². The van der Waals surface area contributed by atoms with E-state index in [9.17, 15) is 19.7 Å². The van der Waals surface area contributed by atoms with E-state index in [1.54, 1.807) is 36.0 Å². The molecule has 176 valence electrons. The number of Topliss-reactive ketones (excluding diaryl/α,β-unsaturated/α-hetero) is 1. The van der Waals surface area contributed by atoms with Crippen LogP contribution in [0.25, 0.3) is 0 Å². The number of carbonyl (C=O) groups is 2. The number of aryl methyl sites for hydroxylation is 1. The number of rotatable bonds is 4. The second-order valence-corrected chi connectivity index (χ2v) is 10.4. The van der Waals surface area contributed by atoms with Gasteiger partial charge in [0.15, 0.2) is 5.78 Å². The van der Waals surface area contributed by atoms with Crippen LogP contribution in [0, 0.1) is 23.0 Å². The number of nitro groups is 1. The van der Waals surface area contributed by atoms with Gasteiger partial charge in [-0.1, -0.05) is 60.2 Å². The molecule has 0 aromatic heterocycles. The van der Waals surface area contributed by atoms with Crippen molar-refractivity contribution in [2.75, 3.05) is 16.9 Å². The summed E-state index contributed by atoms with van der Waals surface area (Å²) in [7, 11) is 0. The molecule has 0 radical (unpaired) electrons. The maximum Gasteiger partial charge on any atom is 0.269 e. The Kier molecular flexibility index (Phi) is 5.05. The Bertz CT molecular complexity index is 1380. The highest BCUT2D eigenvalue weighted by atomic mass is 32.2. The van der Waals surface area contributed by atoms with Gasteiger partial charge in [-0.3, -0.25) is 24.6 Å².